The third-order valence-corrected chi connectivity index (χ3v) is 3.76. The molecule has 0 bridgehead atoms. The number of alkyl halides is 1. The highest BCUT2D eigenvalue weighted by atomic mass is 35.5. The van der Waals surface area contributed by atoms with E-state index in [-0.39, 0.29) is 0 Å². The Morgan fingerprint density at radius 2 is 2.43 bits per heavy atom. The monoisotopic (exact) mass is 230 g/mol. The lowest BCUT2D eigenvalue weighted by Crippen LogP contribution is -2.33. The van der Waals surface area contributed by atoms with E-state index in [9.17, 15) is 0 Å². The first-order chi connectivity index (χ1) is 6.74. The second-order valence-corrected chi connectivity index (χ2v) is 5.60. The fraction of sp³-hybridized carbons (Fsp3) is 0.700. The summed E-state index contributed by atoms with van der Waals surface area (Å²) in [4.78, 5) is 4.40. The Labute approximate surface area is 93.7 Å². The van der Waals surface area contributed by atoms with Crippen LogP contribution in [0.2, 0.25) is 0 Å². The molecule has 0 radical (unpaired) electrons. The van der Waals surface area contributed by atoms with Gasteiger partial charge in [-0.2, -0.15) is 0 Å². The minimum Gasteiger partial charge on any atom is -0.311 e. The van der Waals surface area contributed by atoms with Crippen LogP contribution in [0, 0.1) is 12.8 Å². The number of halogens is 1. The molecule has 1 saturated carbocycles. The van der Waals surface area contributed by atoms with Gasteiger partial charge in [-0.3, -0.25) is 0 Å². The molecule has 0 aromatic carbocycles. The molecule has 14 heavy (non-hydrogen) atoms. The number of hydrogen-bond donors (Lipinski definition) is 1. The maximum atomic E-state index is 5.90. The van der Waals surface area contributed by atoms with Crippen LogP contribution in [-0.2, 0) is 6.54 Å². The highest BCUT2D eigenvalue weighted by Gasteiger charge is 2.26. The molecule has 1 N–H and O–H groups in total. The van der Waals surface area contributed by atoms with Gasteiger partial charge in [-0.05, 0) is 32.2 Å². The summed E-state index contributed by atoms with van der Waals surface area (Å²) in [5, 5.41) is 7.12. The average Bonchev–Trinajstić information content (AvgIpc) is 2.48. The lowest BCUT2D eigenvalue weighted by atomic mass is 9.85. The molecule has 4 heteroatoms. The van der Waals surface area contributed by atoms with Crippen molar-refractivity contribution in [2.45, 2.75) is 31.7 Å². The van der Waals surface area contributed by atoms with Crippen LogP contribution in [0.1, 0.15) is 23.5 Å². The maximum absolute atomic E-state index is 5.90. The minimum atomic E-state index is 0.434. The van der Waals surface area contributed by atoms with Gasteiger partial charge in [0.1, 0.15) is 0 Å². The zero-order chi connectivity index (χ0) is 9.97. The molecule has 0 atom stereocenters. The standard InChI is InChI=1S/C10H15ClN2S/c1-7-13-10(6-14-7)5-12-4-8-2-9(11)3-8/h6,8-9,12H,2-5H2,1H3. The summed E-state index contributed by atoms with van der Waals surface area (Å²) in [6.07, 6.45) is 2.34. The fourth-order valence-corrected chi connectivity index (χ4v) is 2.83. The zero-order valence-corrected chi connectivity index (χ0v) is 9.87. The van der Waals surface area contributed by atoms with Gasteiger partial charge in [0.05, 0.1) is 10.7 Å². The SMILES string of the molecule is Cc1nc(CNCC2CC(Cl)C2)cs1. The molecule has 2 rings (SSSR count). The largest absolute Gasteiger partial charge is 0.311 e. The van der Waals surface area contributed by atoms with Crippen molar-refractivity contribution >= 4 is 22.9 Å². The van der Waals surface area contributed by atoms with E-state index in [4.69, 9.17) is 11.6 Å². The Morgan fingerprint density at radius 1 is 1.64 bits per heavy atom. The molecule has 1 aromatic rings. The van der Waals surface area contributed by atoms with Crippen LogP contribution >= 0.6 is 22.9 Å². The van der Waals surface area contributed by atoms with Crippen LogP contribution in [-0.4, -0.2) is 16.9 Å². The van der Waals surface area contributed by atoms with Crippen LogP contribution in [0.25, 0.3) is 0 Å². The van der Waals surface area contributed by atoms with Crippen LogP contribution in [0.4, 0.5) is 0 Å². The molecule has 0 amide bonds. The van der Waals surface area contributed by atoms with E-state index in [2.05, 4.69) is 15.7 Å². The lowest BCUT2D eigenvalue weighted by molar-refractivity contribution is 0.308. The van der Waals surface area contributed by atoms with Crippen molar-refractivity contribution in [1.29, 1.82) is 0 Å². The number of nitrogens with zero attached hydrogens (tertiary/aromatic N) is 1. The van der Waals surface area contributed by atoms with E-state index in [0.717, 1.165) is 29.7 Å². The summed E-state index contributed by atoms with van der Waals surface area (Å²) >= 11 is 7.62. The first-order valence-electron chi connectivity index (χ1n) is 5.00. The predicted octanol–water partition coefficient (Wildman–Crippen LogP) is 2.56. The van der Waals surface area contributed by atoms with Gasteiger partial charge >= 0.3 is 0 Å². The zero-order valence-electron chi connectivity index (χ0n) is 8.29. The van der Waals surface area contributed by atoms with E-state index in [1.54, 1.807) is 11.3 Å². The van der Waals surface area contributed by atoms with Gasteiger partial charge in [0, 0.05) is 17.3 Å². The van der Waals surface area contributed by atoms with Gasteiger partial charge < -0.3 is 5.32 Å². The van der Waals surface area contributed by atoms with Crippen molar-refractivity contribution in [3.8, 4) is 0 Å². The van der Waals surface area contributed by atoms with Gasteiger partial charge in [-0.1, -0.05) is 0 Å². The molecule has 0 spiro atoms. The smallest absolute Gasteiger partial charge is 0.0897 e. The highest BCUT2D eigenvalue weighted by molar-refractivity contribution is 7.09. The molecule has 1 aliphatic carbocycles. The third kappa shape index (κ3) is 2.69. The van der Waals surface area contributed by atoms with Crippen LogP contribution < -0.4 is 5.32 Å². The highest BCUT2D eigenvalue weighted by Crippen LogP contribution is 2.31. The van der Waals surface area contributed by atoms with Crippen molar-refractivity contribution < 1.29 is 0 Å². The third-order valence-electron chi connectivity index (χ3n) is 2.58. The van der Waals surface area contributed by atoms with E-state index < -0.39 is 0 Å². The summed E-state index contributed by atoms with van der Waals surface area (Å²) in [5.41, 5.74) is 1.16. The normalized spacial score (nSPS) is 26.1. The van der Waals surface area contributed by atoms with E-state index in [0.29, 0.717) is 5.38 Å². The van der Waals surface area contributed by atoms with E-state index in [1.165, 1.54) is 12.8 Å². The number of aryl methyl sites for hydroxylation is 1. The lowest BCUT2D eigenvalue weighted by Gasteiger charge is -2.30. The van der Waals surface area contributed by atoms with Crippen LogP contribution in [0.3, 0.4) is 0 Å². The summed E-state index contributed by atoms with van der Waals surface area (Å²) < 4.78 is 0. The predicted molar refractivity (Wildman–Crippen MR) is 60.9 cm³/mol. The summed E-state index contributed by atoms with van der Waals surface area (Å²) in [7, 11) is 0. The van der Waals surface area contributed by atoms with Gasteiger partial charge in [0.25, 0.3) is 0 Å². The summed E-state index contributed by atoms with van der Waals surface area (Å²) in [6.45, 7) is 4.02. The molecule has 1 aliphatic rings. The number of aromatic nitrogens is 1. The molecule has 0 unspecified atom stereocenters. The quantitative estimate of drug-likeness (QED) is 0.805. The Bertz CT molecular complexity index is 294. The molecule has 2 nitrogen and oxygen atoms in total. The second kappa shape index (κ2) is 4.60. The molecule has 1 fully saturated rings. The van der Waals surface area contributed by atoms with Crippen molar-refractivity contribution in [2.24, 2.45) is 5.92 Å². The minimum absolute atomic E-state index is 0.434. The topological polar surface area (TPSA) is 24.9 Å². The molecule has 1 heterocycles. The molecule has 0 saturated heterocycles. The first kappa shape index (κ1) is 10.4. The number of hydrogen-bond acceptors (Lipinski definition) is 3. The molecule has 78 valence electrons. The van der Waals surface area contributed by atoms with Gasteiger partial charge in [0.15, 0.2) is 0 Å². The van der Waals surface area contributed by atoms with Crippen molar-refractivity contribution in [3.63, 3.8) is 0 Å². The van der Waals surface area contributed by atoms with Gasteiger partial charge in [-0.25, -0.2) is 4.98 Å². The van der Waals surface area contributed by atoms with Crippen LogP contribution in [0.5, 0.6) is 0 Å². The first-order valence-corrected chi connectivity index (χ1v) is 6.31. The molecular weight excluding hydrogens is 216 g/mol. The van der Waals surface area contributed by atoms with Crippen molar-refractivity contribution in [1.82, 2.24) is 10.3 Å². The Morgan fingerprint density at radius 3 is 3.00 bits per heavy atom. The van der Waals surface area contributed by atoms with E-state index >= 15 is 0 Å². The Balaban J connectivity index is 1.63. The van der Waals surface area contributed by atoms with Crippen LogP contribution in [0.15, 0.2) is 5.38 Å². The van der Waals surface area contributed by atoms with Gasteiger partial charge in [0.2, 0.25) is 0 Å². The van der Waals surface area contributed by atoms with Gasteiger partial charge in [-0.15, -0.1) is 22.9 Å². The molecule has 0 aliphatic heterocycles. The fourth-order valence-electron chi connectivity index (χ4n) is 1.71. The number of nitrogens with one attached hydrogen (secondary N) is 1. The maximum Gasteiger partial charge on any atom is 0.0897 e. The Hall–Kier alpha value is -0.120. The number of thiazole rings is 1. The summed E-state index contributed by atoms with van der Waals surface area (Å²) in [5.74, 6) is 0.789. The van der Waals surface area contributed by atoms with E-state index in [1.807, 2.05) is 6.92 Å². The average molecular weight is 231 g/mol. The van der Waals surface area contributed by atoms with Crippen molar-refractivity contribution in [3.05, 3.63) is 16.1 Å². The summed E-state index contributed by atoms with van der Waals surface area (Å²) in [6, 6.07) is 0. The van der Waals surface area contributed by atoms with Crippen molar-refractivity contribution in [2.75, 3.05) is 6.54 Å². The second-order valence-electron chi connectivity index (χ2n) is 3.92. The number of rotatable bonds is 4. The Kier molecular flexibility index (Phi) is 3.42. The molecule has 1 aromatic heterocycles. The molecular formula is C10H15ClN2S.